The maximum atomic E-state index is 11.8. The zero-order valence-electron chi connectivity index (χ0n) is 11.5. The number of carbonyl (C=O) groups is 2. The second-order valence-electron chi connectivity index (χ2n) is 5.42. The molecule has 2 unspecified atom stereocenters. The molecule has 0 spiro atoms. The first kappa shape index (κ1) is 15.0. The van der Waals surface area contributed by atoms with Crippen LogP contribution in [0.3, 0.4) is 0 Å². The lowest BCUT2D eigenvalue weighted by atomic mass is 10.0. The van der Waals surface area contributed by atoms with Crippen molar-refractivity contribution < 1.29 is 14.7 Å². The maximum absolute atomic E-state index is 11.8. The van der Waals surface area contributed by atoms with Crippen LogP contribution in [0.4, 0.5) is 0 Å². The molecule has 1 rings (SSSR count). The van der Waals surface area contributed by atoms with Gasteiger partial charge in [0.2, 0.25) is 5.91 Å². The van der Waals surface area contributed by atoms with E-state index in [0.29, 0.717) is 18.9 Å². The van der Waals surface area contributed by atoms with E-state index in [2.05, 4.69) is 5.32 Å². The number of nitrogens with zero attached hydrogens (tertiary/aromatic N) is 1. The second kappa shape index (κ2) is 6.73. The Morgan fingerprint density at radius 2 is 2.00 bits per heavy atom. The van der Waals surface area contributed by atoms with E-state index >= 15 is 0 Å². The van der Waals surface area contributed by atoms with Gasteiger partial charge in [0, 0.05) is 6.04 Å². The summed E-state index contributed by atoms with van der Waals surface area (Å²) in [6.45, 7) is 6.94. The molecule has 0 saturated carbocycles. The van der Waals surface area contributed by atoms with Gasteiger partial charge in [0.15, 0.2) is 0 Å². The Bertz CT molecular complexity index is 305. The summed E-state index contributed by atoms with van der Waals surface area (Å²) in [6, 6.07) is -0.385. The molecule has 1 aliphatic heterocycles. The zero-order chi connectivity index (χ0) is 13.7. The molecule has 18 heavy (non-hydrogen) atoms. The molecular formula is C13H24N2O3. The van der Waals surface area contributed by atoms with Crippen molar-refractivity contribution in [2.45, 2.75) is 52.1 Å². The van der Waals surface area contributed by atoms with Crippen LogP contribution in [-0.2, 0) is 9.59 Å². The molecule has 104 valence electrons. The quantitative estimate of drug-likeness (QED) is 0.772. The van der Waals surface area contributed by atoms with Crippen LogP contribution in [0.2, 0.25) is 0 Å². The molecule has 5 nitrogen and oxygen atoms in total. The predicted octanol–water partition coefficient (Wildman–Crippen LogP) is 1.09. The number of amides is 1. The molecule has 0 aromatic heterocycles. The highest BCUT2D eigenvalue weighted by molar-refractivity contribution is 5.80. The molecule has 1 saturated heterocycles. The molecule has 0 aromatic carbocycles. The summed E-state index contributed by atoms with van der Waals surface area (Å²) in [5.74, 6) is -0.519. The Morgan fingerprint density at radius 3 is 2.56 bits per heavy atom. The first-order valence-corrected chi connectivity index (χ1v) is 6.68. The van der Waals surface area contributed by atoms with Crippen LogP contribution in [-0.4, -0.2) is 47.1 Å². The summed E-state index contributed by atoms with van der Waals surface area (Å²) < 4.78 is 0. The van der Waals surface area contributed by atoms with Gasteiger partial charge in [0.05, 0.1) is 6.54 Å². The number of piperidine rings is 1. The molecule has 1 amide bonds. The van der Waals surface area contributed by atoms with Crippen molar-refractivity contribution in [1.29, 1.82) is 0 Å². The largest absolute Gasteiger partial charge is 0.480 e. The van der Waals surface area contributed by atoms with Crippen LogP contribution in [0.25, 0.3) is 0 Å². The lowest BCUT2D eigenvalue weighted by Crippen LogP contribution is -2.50. The molecule has 0 radical (unpaired) electrons. The summed E-state index contributed by atoms with van der Waals surface area (Å²) in [5, 5.41) is 12.0. The number of carboxylic acid groups (broad SMARTS) is 1. The minimum absolute atomic E-state index is 0.0793. The summed E-state index contributed by atoms with van der Waals surface area (Å²) in [6.07, 6.45) is 2.54. The smallest absolute Gasteiger partial charge is 0.320 e. The fourth-order valence-corrected chi connectivity index (χ4v) is 2.11. The highest BCUT2D eigenvalue weighted by Crippen LogP contribution is 2.16. The highest BCUT2D eigenvalue weighted by Gasteiger charge is 2.29. The topological polar surface area (TPSA) is 69.6 Å². The van der Waals surface area contributed by atoms with Gasteiger partial charge in [0.1, 0.15) is 6.04 Å². The lowest BCUT2D eigenvalue weighted by Gasteiger charge is -2.32. The van der Waals surface area contributed by atoms with E-state index in [9.17, 15) is 9.59 Å². The van der Waals surface area contributed by atoms with Crippen molar-refractivity contribution in [3.8, 4) is 0 Å². The van der Waals surface area contributed by atoms with Crippen LogP contribution in [0.1, 0.15) is 40.0 Å². The van der Waals surface area contributed by atoms with Crippen LogP contribution in [0.5, 0.6) is 0 Å². The van der Waals surface area contributed by atoms with Gasteiger partial charge in [-0.15, -0.1) is 0 Å². The van der Waals surface area contributed by atoms with Gasteiger partial charge in [0.25, 0.3) is 0 Å². The van der Waals surface area contributed by atoms with Crippen LogP contribution >= 0.6 is 0 Å². The summed E-state index contributed by atoms with van der Waals surface area (Å²) in [5.41, 5.74) is 0. The van der Waals surface area contributed by atoms with Crippen LogP contribution < -0.4 is 5.32 Å². The molecule has 1 aliphatic rings. The van der Waals surface area contributed by atoms with Gasteiger partial charge in [-0.3, -0.25) is 14.5 Å². The number of aliphatic carboxylic acids is 1. The van der Waals surface area contributed by atoms with Crippen LogP contribution in [0, 0.1) is 5.92 Å². The third-order valence-corrected chi connectivity index (χ3v) is 3.63. The van der Waals surface area contributed by atoms with Crippen molar-refractivity contribution in [2.24, 2.45) is 5.92 Å². The van der Waals surface area contributed by atoms with Crippen molar-refractivity contribution in [3.05, 3.63) is 0 Å². The van der Waals surface area contributed by atoms with Gasteiger partial charge in [-0.1, -0.05) is 20.3 Å². The Kier molecular flexibility index (Phi) is 5.59. The summed E-state index contributed by atoms with van der Waals surface area (Å²) >= 11 is 0. The highest BCUT2D eigenvalue weighted by atomic mass is 16.4. The van der Waals surface area contributed by atoms with E-state index in [0.717, 1.165) is 12.8 Å². The molecule has 5 heteroatoms. The van der Waals surface area contributed by atoms with E-state index in [-0.39, 0.29) is 18.5 Å². The average Bonchev–Trinajstić information content (AvgIpc) is 2.28. The molecule has 0 aliphatic carbocycles. The van der Waals surface area contributed by atoms with E-state index in [1.54, 1.807) is 4.90 Å². The van der Waals surface area contributed by atoms with E-state index in [1.165, 1.54) is 0 Å². The maximum Gasteiger partial charge on any atom is 0.320 e. The lowest BCUT2D eigenvalue weighted by molar-refractivity contribution is -0.145. The number of hydrogen-bond acceptors (Lipinski definition) is 3. The number of nitrogens with one attached hydrogen (secondary N) is 1. The molecule has 1 fully saturated rings. The van der Waals surface area contributed by atoms with E-state index in [1.807, 2.05) is 20.8 Å². The van der Waals surface area contributed by atoms with Gasteiger partial charge < -0.3 is 10.4 Å². The number of rotatable bonds is 5. The minimum atomic E-state index is -0.820. The van der Waals surface area contributed by atoms with Gasteiger partial charge in [-0.2, -0.15) is 0 Å². The van der Waals surface area contributed by atoms with Gasteiger partial charge in [-0.25, -0.2) is 0 Å². The van der Waals surface area contributed by atoms with E-state index in [4.69, 9.17) is 5.11 Å². The number of carboxylic acids is 1. The molecule has 0 bridgehead atoms. The zero-order valence-corrected chi connectivity index (χ0v) is 11.5. The third kappa shape index (κ3) is 4.29. The first-order valence-electron chi connectivity index (χ1n) is 6.68. The summed E-state index contributed by atoms with van der Waals surface area (Å²) in [7, 11) is 0. The number of carbonyl (C=O) groups excluding carboxylic acids is 1. The van der Waals surface area contributed by atoms with Crippen molar-refractivity contribution in [2.75, 3.05) is 13.1 Å². The predicted molar refractivity (Wildman–Crippen MR) is 69.3 cm³/mol. The monoisotopic (exact) mass is 256 g/mol. The molecule has 2 N–H and O–H groups in total. The molecule has 1 heterocycles. The average molecular weight is 256 g/mol. The van der Waals surface area contributed by atoms with E-state index < -0.39 is 12.0 Å². The number of hydrogen-bond donors (Lipinski definition) is 2. The first-order chi connectivity index (χ1) is 8.41. The summed E-state index contributed by atoms with van der Waals surface area (Å²) in [4.78, 5) is 24.7. The Morgan fingerprint density at radius 1 is 1.33 bits per heavy atom. The Balaban J connectivity index is 2.48. The molecule has 0 aromatic rings. The van der Waals surface area contributed by atoms with Crippen LogP contribution in [0.15, 0.2) is 0 Å². The van der Waals surface area contributed by atoms with Gasteiger partial charge in [-0.05, 0) is 32.2 Å². The number of likely N-dealkylation sites (tertiary alicyclic amines) is 1. The normalized spacial score (nSPS) is 22.8. The Labute approximate surface area is 109 Å². The standard InChI is InChI=1S/C13H24N2O3/c1-9(2)10(3)14-12(16)8-15-7-5-4-6-11(15)13(17)18/h9-11H,4-8H2,1-3H3,(H,14,16)(H,17,18). The van der Waals surface area contributed by atoms with Crippen molar-refractivity contribution >= 4 is 11.9 Å². The SMILES string of the molecule is CC(C)C(C)NC(=O)CN1CCCCC1C(=O)O. The second-order valence-corrected chi connectivity index (χ2v) is 5.42. The van der Waals surface area contributed by atoms with Crippen molar-refractivity contribution in [3.63, 3.8) is 0 Å². The fourth-order valence-electron chi connectivity index (χ4n) is 2.11. The fraction of sp³-hybridized carbons (Fsp3) is 0.846. The third-order valence-electron chi connectivity index (χ3n) is 3.63. The van der Waals surface area contributed by atoms with Gasteiger partial charge >= 0.3 is 5.97 Å². The molecule has 2 atom stereocenters. The molecular weight excluding hydrogens is 232 g/mol. The Hall–Kier alpha value is -1.10. The van der Waals surface area contributed by atoms with Crippen molar-refractivity contribution in [1.82, 2.24) is 10.2 Å². The minimum Gasteiger partial charge on any atom is -0.480 e.